The van der Waals surface area contributed by atoms with E-state index >= 15 is 0 Å². The largest absolute Gasteiger partial charge is 0.445 e. The van der Waals surface area contributed by atoms with Crippen LogP contribution >= 0.6 is 11.3 Å². The zero-order valence-corrected chi connectivity index (χ0v) is 14.7. The van der Waals surface area contributed by atoms with E-state index in [0.717, 1.165) is 23.3 Å². The first-order valence-electron chi connectivity index (χ1n) is 8.14. The van der Waals surface area contributed by atoms with Crippen molar-refractivity contribution in [1.29, 1.82) is 0 Å². The molecule has 0 atom stereocenters. The van der Waals surface area contributed by atoms with Crippen LogP contribution in [0.3, 0.4) is 0 Å². The topological polar surface area (TPSA) is 109 Å². The zero-order chi connectivity index (χ0) is 18.4. The number of aryl methyl sites for hydroxylation is 1. The van der Waals surface area contributed by atoms with E-state index in [4.69, 9.17) is 4.74 Å². The smallest absolute Gasteiger partial charge is 0.407 e. The molecule has 1 aliphatic rings. The summed E-state index contributed by atoms with van der Waals surface area (Å²) in [6, 6.07) is 9.24. The second-order valence-corrected chi connectivity index (χ2v) is 6.62. The van der Waals surface area contributed by atoms with Gasteiger partial charge in [0.2, 0.25) is 5.91 Å². The van der Waals surface area contributed by atoms with Crippen molar-refractivity contribution in [2.45, 2.75) is 19.4 Å². The second-order valence-electron chi connectivity index (χ2n) is 5.62. The lowest BCUT2D eigenvalue weighted by molar-refractivity contribution is -0.115. The van der Waals surface area contributed by atoms with Crippen molar-refractivity contribution in [2.24, 2.45) is 0 Å². The quantitative estimate of drug-likeness (QED) is 0.738. The summed E-state index contributed by atoms with van der Waals surface area (Å²) in [6.07, 6.45) is 0.813. The van der Waals surface area contributed by atoms with Crippen LogP contribution in [-0.2, 0) is 22.6 Å². The first kappa shape index (κ1) is 17.9. The number of anilines is 1. The molecule has 1 aromatic carbocycles. The molecular weight excluding hydrogens is 356 g/mol. The molecule has 3 rings (SSSR count). The van der Waals surface area contributed by atoms with Crippen LogP contribution < -0.4 is 16.0 Å². The molecule has 0 saturated heterocycles. The number of carbonyl (C=O) groups is 3. The summed E-state index contributed by atoms with van der Waals surface area (Å²) < 4.78 is 5.03. The minimum absolute atomic E-state index is 0.128. The lowest BCUT2D eigenvalue weighted by Crippen LogP contribution is -2.33. The number of rotatable bonds is 5. The number of thiazole rings is 1. The van der Waals surface area contributed by atoms with E-state index in [2.05, 4.69) is 20.9 Å². The molecule has 3 amide bonds. The third-order valence-corrected chi connectivity index (χ3v) is 4.64. The Morgan fingerprint density at radius 2 is 2.08 bits per heavy atom. The van der Waals surface area contributed by atoms with Crippen molar-refractivity contribution >= 4 is 34.4 Å². The Kier molecular flexibility index (Phi) is 5.80. The standard InChI is InChI=1S/C17H18N4O4S/c22-13(9-19-17(24)25-10-11-5-2-1-3-6-11)21-16-20-12-7-4-8-18-15(23)14(12)26-16/h1-3,5-6H,4,7-10H2,(H,18,23)(H,19,24)(H,20,21,22). The Balaban J connectivity index is 1.45. The van der Waals surface area contributed by atoms with Gasteiger partial charge in [0.05, 0.1) is 5.69 Å². The van der Waals surface area contributed by atoms with Crippen LogP contribution in [0.15, 0.2) is 30.3 Å². The lowest BCUT2D eigenvalue weighted by atomic mass is 10.2. The van der Waals surface area contributed by atoms with Gasteiger partial charge < -0.3 is 20.7 Å². The molecule has 0 saturated carbocycles. The van der Waals surface area contributed by atoms with E-state index in [0.29, 0.717) is 28.7 Å². The van der Waals surface area contributed by atoms with E-state index in [-0.39, 0.29) is 19.1 Å². The van der Waals surface area contributed by atoms with Gasteiger partial charge in [0, 0.05) is 6.54 Å². The molecule has 0 aliphatic carbocycles. The number of benzene rings is 1. The van der Waals surface area contributed by atoms with E-state index < -0.39 is 12.0 Å². The summed E-state index contributed by atoms with van der Waals surface area (Å²) in [4.78, 5) is 40.3. The molecule has 1 aromatic heterocycles. The van der Waals surface area contributed by atoms with Gasteiger partial charge in [-0.2, -0.15) is 0 Å². The van der Waals surface area contributed by atoms with Crippen molar-refractivity contribution in [3.8, 4) is 0 Å². The molecule has 9 heteroatoms. The van der Waals surface area contributed by atoms with Crippen molar-refractivity contribution in [2.75, 3.05) is 18.4 Å². The van der Waals surface area contributed by atoms with Gasteiger partial charge in [-0.1, -0.05) is 41.7 Å². The summed E-state index contributed by atoms with van der Waals surface area (Å²) in [7, 11) is 0. The molecule has 136 valence electrons. The van der Waals surface area contributed by atoms with Crippen molar-refractivity contribution in [3.05, 3.63) is 46.5 Å². The van der Waals surface area contributed by atoms with E-state index in [1.54, 1.807) is 0 Å². The Morgan fingerprint density at radius 1 is 1.27 bits per heavy atom. The highest BCUT2D eigenvalue weighted by atomic mass is 32.1. The van der Waals surface area contributed by atoms with E-state index in [1.165, 1.54) is 0 Å². The van der Waals surface area contributed by atoms with Gasteiger partial charge in [-0.3, -0.25) is 9.59 Å². The van der Waals surface area contributed by atoms with Crippen LogP contribution in [0.2, 0.25) is 0 Å². The molecule has 0 fully saturated rings. The summed E-state index contributed by atoms with van der Waals surface area (Å²) in [5.41, 5.74) is 1.55. The minimum atomic E-state index is -0.682. The molecule has 2 heterocycles. The van der Waals surface area contributed by atoms with Crippen LogP contribution in [0.5, 0.6) is 0 Å². The van der Waals surface area contributed by atoms with Crippen LogP contribution in [-0.4, -0.2) is 36.0 Å². The molecular formula is C17H18N4O4S. The molecule has 0 spiro atoms. The van der Waals surface area contributed by atoms with Gasteiger partial charge >= 0.3 is 6.09 Å². The molecule has 3 N–H and O–H groups in total. The molecule has 26 heavy (non-hydrogen) atoms. The number of ether oxygens (including phenoxy) is 1. The van der Waals surface area contributed by atoms with Gasteiger partial charge in [0.15, 0.2) is 5.13 Å². The summed E-state index contributed by atoms with van der Waals surface area (Å²) in [5.74, 6) is -0.607. The Morgan fingerprint density at radius 3 is 2.88 bits per heavy atom. The fraction of sp³-hybridized carbons (Fsp3) is 0.294. The lowest BCUT2D eigenvalue weighted by Gasteiger charge is -2.07. The average molecular weight is 374 g/mol. The van der Waals surface area contributed by atoms with Crippen molar-refractivity contribution in [3.63, 3.8) is 0 Å². The second kappa shape index (κ2) is 8.43. The first-order chi connectivity index (χ1) is 12.6. The zero-order valence-electron chi connectivity index (χ0n) is 13.9. The number of amides is 3. The predicted molar refractivity (Wildman–Crippen MR) is 96.0 cm³/mol. The predicted octanol–water partition coefficient (Wildman–Crippen LogP) is 1.68. The van der Waals surface area contributed by atoms with Gasteiger partial charge in [-0.05, 0) is 18.4 Å². The molecule has 8 nitrogen and oxygen atoms in total. The third kappa shape index (κ3) is 4.79. The van der Waals surface area contributed by atoms with Gasteiger partial charge in [-0.25, -0.2) is 9.78 Å². The normalized spacial score (nSPS) is 13.2. The van der Waals surface area contributed by atoms with Gasteiger partial charge in [0.25, 0.3) is 5.91 Å². The number of aromatic nitrogens is 1. The van der Waals surface area contributed by atoms with Crippen molar-refractivity contribution < 1.29 is 19.1 Å². The minimum Gasteiger partial charge on any atom is -0.445 e. The van der Waals surface area contributed by atoms with Crippen molar-refractivity contribution in [1.82, 2.24) is 15.6 Å². The summed E-state index contributed by atoms with van der Waals surface area (Å²) in [5, 5.41) is 8.09. The maximum absolute atomic E-state index is 11.9. The van der Waals surface area contributed by atoms with Crippen LogP contribution in [0.4, 0.5) is 9.93 Å². The number of hydrogen-bond acceptors (Lipinski definition) is 6. The Bertz CT molecular complexity index is 806. The number of alkyl carbamates (subject to hydrolysis) is 1. The molecule has 0 unspecified atom stereocenters. The highest BCUT2D eigenvalue weighted by Gasteiger charge is 2.21. The monoisotopic (exact) mass is 374 g/mol. The maximum Gasteiger partial charge on any atom is 0.407 e. The molecule has 1 aliphatic heterocycles. The number of carbonyl (C=O) groups excluding carboxylic acids is 3. The highest BCUT2D eigenvalue weighted by Crippen LogP contribution is 2.25. The number of fused-ring (bicyclic) bond motifs is 1. The number of hydrogen-bond donors (Lipinski definition) is 3. The Labute approximate surface area is 154 Å². The van der Waals surface area contributed by atoms with Crippen LogP contribution in [0, 0.1) is 0 Å². The van der Waals surface area contributed by atoms with E-state index in [9.17, 15) is 14.4 Å². The number of nitrogens with zero attached hydrogens (tertiary/aromatic N) is 1. The van der Waals surface area contributed by atoms with Gasteiger partial charge in [0.1, 0.15) is 18.0 Å². The highest BCUT2D eigenvalue weighted by molar-refractivity contribution is 7.17. The first-order valence-corrected chi connectivity index (χ1v) is 8.96. The SMILES string of the molecule is O=C(CNC(=O)OCc1ccccc1)Nc1nc2c(s1)C(=O)NCCC2. The fourth-order valence-electron chi connectivity index (χ4n) is 2.38. The third-order valence-electron chi connectivity index (χ3n) is 3.63. The Hall–Kier alpha value is -2.94. The number of nitrogens with one attached hydrogen (secondary N) is 3. The maximum atomic E-state index is 11.9. The van der Waals surface area contributed by atoms with Crippen LogP contribution in [0.1, 0.15) is 27.3 Å². The van der Waals surface area contributed by atoms with Crippen LogP contribution in [0.25, 0.3) is 0 Å². The van der Waals surface area contributed by atoms with E-state index in [1.807, 2.05) is 30.3 Å². The van der Waals surface area contributed by atoms with Gasteiger partial charge in [-0.15, -0.1) is 0 Å². The summed E-state index contributed by atoms with van der Waals surface area (Å²) >= 11 is 1.13. The fourth-order valence-corrected chi connectivity index (χ4v) is 3.32. The summed E-state index contributed by atoms with van der Waals surface area (Å²) in [6.45, 7) is 0.505. The molecule has 0 bridgehead atoms. The molecule has 2 aromatic rings. The molecule has 0 radical (unpaired) electrons. The average Bonchev–Trinajstić information content (AvgIpc) is 2.97.